The van der Waals surface area contributed by atoms with E-state index < -0.39 is 12.8 Å². The van der Waals surface area contributed by atoms with E-state index in [4.69, 9.17) is 5.84 Å². The molecule has 0 rings (SSSR count). The lowest BCUT2D eigenvalue weighted by molar-refractivity contribution is 0.0896. The average Bonchev–Trinajstić information content (AvgIpc) is 1.87. The zero-order valence-corrected chi connectivity index (χ0v) is 4.50. The van der Waals surface area contributed by atoms with Crippen LogP contribution in [-0.2, 0) is 4.84 Å². The van der Waals surface area contributed by atoms with Crippen LogP contribution in [-0.4, -0.2) is 17.8 Å². The highest BCUT2D eigenvalue weighted by Gasteiger charge is 2.06. The number of rotatable bonds is 2. The van der Waals surface area contributed by atoms with Gasteiger partial charge < -0.3 is 4.84 Å². The SMILES string of the molecule is NOC(=O)N(N)CNF. The minimum absolute atomic E-state index is 0.431. The Morgan fingerprint density at radius 3 is 2.78 bits per heavy atom. The lowest BCUT2D eigenvalue weighted by atomic mass is 11.0. The molecule has 0 atom stereocenters. The molecule has 0 radical (unpaired) electrons. The minimum Gasteiger partial charge on any atom is -0.356 e. The number of amides is 1. The molecule has 0 saturated carbocycles. The second-order valence-electron chi connectivity index (χ2n) is 1.15. The summed E-state index contributed by atoms with van der Waals surface area (Å²) in [5.74, 6) is 9.20. The zero-order valence-electron chi connectivity index (χ0n) is 4.50. The summed E-state index contributed by atoms with van der Waals surface area (Å²) in [6, 6.07) is 0. The summed E-state index contributed by atoms with van der Waals surface area (Å²) in [4.78, 5) is 13.8. The fourth-order valence-electron chi connectivity index (χ4n) is 0.197. The molecule has 0 fully saturated rings. The summed E-state index contributed by atoms with van der Waals surface area (Å²) in [6.07, 6.45) is -1.01. The quantitative estimate of drug-likeness (QED) is 0.143. The van der Waals surface area contributed by atoms with E-state index in [0.717, 1.165) is 5.54 Å². The minimum atomic E-state index is -1.01. The van der Waals surface area contributed by atoms with E-state index in [2.05, 4.69) is 10.7 Å². The molecule has 0 aromatic carbocycles. The Balaban J connectivity index is 3.45. The normalized spacial score (nSPS) is 8.78. The number of carbonyl (C=O) groups excluding carboxylic acids is 1. The summed E-state index contributed by atoms with van der Waals surface area (Å²) in [5.41, 5.74) is 1.13. The number of hydrogen-bond donors (Lipinski definition) is 3. The Morgan fingerprint density at radius 2 is 2.44 bits per heavy atom. The monoisotopic (exact) mass is 138 g/mol. The van der Waals surface area contributed by atoms with Crippen LogP contribution >= 0.6 is 0 Å². The topological polar surface area (TPSA) is 93.6 Å². The van der Waals surface area contributed by atoms with Gasteiger partial charge in [0.15, 0.2) is 0 Å². The van der Waals surface area contributed by atoms with Gasteiger partial charge in [0.1, 0.15) is 6.67 Å². The second-order valence-corrected chi connectivity index (χ2v) is 1.15. The third kappa shape index (κ3) is 2.80. The summed E-state index contributed by atoms with van der Waals surface area (Å²) in [5, 5.41) is 0.431. The Bertz CT molecular complexity index is 98.6. The molecule has 7 heteroatoms. The predicted octanol–water partition coefficient (Wildman–Crippen LogP) is -1.40. The van der Waals surface area contributed by atoms with Crippen molar-refractivity contribution in [3.05, 3.63) is 0 Å². The molecule has 0 heterocycles. The van der Waals surface area contributed by atoms with Gasteiger partial charge in [0, 0.05) is 0 Å². The lowest BCUT2D eigenvalue weighted by Crippen LogP contribution is -2.43. The van der Waals surface area contributed by atoms with E-state index >= 15 is 0 Å². The molecular formula is C2H7FN4O2. The number of hydrazine groups is 1. The van der Waals surface area contributed by atoms with Crippen LogP contribution < -0.4 is 17.3 Å². The van der Waals surface area contributed by atoms with E-state index in [1.165, 1.54) is 0 Å². The van der Waals surface area contributed by atoms with E-state index in [-0.39, 0.29) is 0 Å². The van der Waals surface area contributed by atoms with Gasteiger partial charge >= 0.3 is 6.09 Å². The highest BCUT2D eigenvalue weighted by atomic mass is 19.2. The highest BCUT2D eigenvalue weighted by Crippen LogP contribution is 1.77. The van der Waals surface area contributed by atoms with Crippen molar-refractivity contribution in [1.82, 2.24) is 10.5 Å². The number of halogens is 1. The van der Waals surface area contributed by atoms with Crippen molar-refractivity contribution in [2.45, 2.75) is 0 Å². The molecule has 0 spiro atoms. The molecule has 0 aromatic rings. The van der Waals surface area contributed by atoms with Gasteiger partial charge in [0.2, 0.25) is 0 Å². The smallest absolute Gasteiger partial charge is 0.356 e. The molecule has 0 aliphatic carbocycles. The van der Waals surface area contributed by atoms with Crippen LogP contribution in [0.5, 0.6) is 0 Å². The van der Waals surface area contributed by atoms with Crippen molar-refractivity contribution >= 4 is 6.09 Å². The number of carbonyl (C=O) groups is 1. The molecule has 6 nitrogen and oxygen atoms in total. The van der Waals surface area contributed by atoms with Gasteiger partial charge in [-0.25, -0.2) is 15.6 Å². The average molecular weight is 138 g/mol. The van der Waals surface area contributed by atoms with Crippen molar-refractivity contribution < 1.29 is 14.1 Å². The number of hydrogen-bond acceptors (Lipinski definition) is 5. The largest absolute Gasteiger partial charge is 0.444 e. The van der Waals surface area contributed by atoms with Crippen LogP contribution in [0.3, 0.4) is 0 Å². The molecule has 0 aliphatic rings. The van der Waals surface area contributed by atoms with Crippen molar-refractivity contribution in [2.24, 2.45) is 11.7 Å². The van der Waals surface area contributed by atoms with Gasteiger partial charge in [-0.2, -0.15) is 5.90 Å². The maximum Gasteiger partial charge on any atom is 0.444 e. The molecule has 9 heavy (non-hydrogen) atoms. The van der Waals surface area contributed by atoms with Gasteiger partial charge in [-0.3, -0.25) is 0 Å². The zero-order chi connectivity index (χ0) is 7.28. The fraction of sp³-hybridized carbons (Fsp3) is 0.500. The van der Waals surface area contributed by atoms with Crippen LogP contribution in [0.4, 0.5) is 9.28 Å². The van der Waals surface area contributed by atoms with Crippen LogP contribution in [0, 0.1) is 0 Å². The molecule has 0 bridgehead atoms. The second kappa shape index (κ2) is 4.01. The van der Waals surface area contributed by atoms with Gasteiger partial charge in [-0.1, -0.05) is 0 Å². The predicted molar refractivity (Wildman–Crippen MR) is 25.8 cm³/mol. The lowest BCUT2D eigenvalue weighted by Gasteiger charge is -2.10. The Kier molecular flexibility index (Phi) is 3.60. The molecule has 54 valence electrons. The first kappa shape index (κ1) is 8.08. The Hall–Kier alpha value is -0.920. The number of nitrogens with zero attached hydrogens (tertiary/aromatic N) is 1. The van der Waals surface area contributed by atoms with Gasteiger partial charge in [0.25, 0.3) is 0 Å². The van der Waals surface area contributed by atoms with Crippen molar-refractivity contribution in [2.75, 3.05) is 6.67 Å². The maximum absolute atomic E-state index is 11.1. The highest BCUT2D eigenvalue weighted by molar-refractivity contribution is 5.66. The third-order valence-electron chi connectivity index (χ3n) is 0.565. The summed E-state index contributed by atoms with van der Waals surface area (Å²) in [7, 11) is 0. The molecule has 0 aromatic heterocycles. The molecule has 0 saturated heterocycles. The van der Waals surface area contributed by atoms with Crippen molar-refractivity contribution in [3.63, 3.8) is 0 Å². The molecule has 0 aliphatic heterocycles. The standard InChI is InChI=1S/C2H7FN4O2/c3-6-1-7(4)2(8)9-5/h6H,1,4-5H2. The summed E-state index contributed by atoms with van der Waals surface area (Å²) in [6.45, 7) is -0.462. The molecule has 5 N–H and O–H groups in total. The molecular weight excluding hydrogens is 131 g/mol. The maximum atomic E-state index is 11.1. The first-order valence-electron chi connectivity index (χ1n) is 1.98. The molecule has 0 unspecified atom stereocenters. The van der Waals surface area contributed by atoms with Crippen LogP contribution in [0.1, 0.15) is 0 Å². The van der Waals surface area contributed by atoms with E-state index in [1.54, 1.807) is 0 Å². The van der Waals surface area contributed by atoms with E-state index in [0.29, 0.717) is 5.01 Å². The van der Waals surface area contributed by atoms with Crippen LogP contribution in [0.25, 0.3) is 0 Å². The first-order valence-corrected chi connectivity index (χ1v) is 1.98. The van der Waals surface area contributed by atoms with Gasteiger partial charge in [-0.15, -0.1) is 10.0 Å². The Labute approximate surface area is 50.4 Å². The van der Waals surface area contributed by atoms with Crippen molar-refractivity contribution in [1.29, 1.82) is 0 Å². The van der Waals surface area contributed by atoms with Gasteiger partial charge in [0.05, 0.1) is 0 Å². The Morgan fingerprint density at radius 1 is 1.89 bits per heavy atom. The first-order chi connectivity index (χ1) is 4.22. The van der Waals surface area contributed by atoms with Gasteiger partial charge in [-0.05, 0) is 0 Å². The summed E-state index contributed by atoms with van der Waals surface area (Å²) >= 11 is 0. The van der Waals surface area contributed by atoms with E-state index in [1.807, 2.05) is 0 Å². The fourth-order valence-corrected chi connectivity index (χ4v) is 0.197. The number of nitrogens with two attached hydrogens (primary N) is 2. The van der Waals surface area contributed by atoms with Crippen LogP contribution in [0.2, 0.25) is 0 Å². The van der Waals surface area contributed by atoms with Crippen molar-refractivity contribution in [3.8, 4) is 0 Å². The molecule has 1 amide bonds. The summed E-state index contributed by atoms with van der Waals surface area (Å²) < 4.78 is 11.1. The van der Waals surface area contributed by atoms with E-state index in [9.17, 15) is 9.28 Å². The number of nitrogens with one attached hydrogen (secondary N) is 1. The third-order valence-corrected chi connectivity index (χ3v) is 0.565. The van der Waals surface area contributed by atoms with Crippen LogP contribution in [0.15, 0.2) is 0 Å².